The minimum atomic E-state index is -0.452. The van der Waals surface area contributed by atoms with Crippen LogP contribution in [0.4, 0.5) is 4.79 Å². The Labute approximate surface area is 180 Å². The number of hydrogen-bond donors (Lipinski definition) is 0. The number of ether oxygens (including phenoxy) is 1. The maximum atomic E-state index is 12.3. The van der Waals surface area contributed by atoms with Crippen molar-refractivity contribution in [2.45, 2.75) is 70.1 Å². The first kappa shape index (κ1) is 20.6. The first-order valence-electron chi connectivity index (χ1n) is 10.3. The molecule has 0 unspecified atom stereocenters. The van der Waals surface area contributed by atoms with Gasteiger partial charge in [0.1, 0.15) is 5.60 Å². The Morgan fingerprint density at radius 1 is 1.28 bits per heavy atom. The summed E-state index contributed by atoms with van der Waals surface area (Å²) in [5.74, 6) is 1.37. The van der Waals surface area contributed by atoms with E-state index in [1.54, 1.807) is 23.1 Å². The summed E-state index contributed by atoms with van der Waals surface area (Å²) in [4.78, 5) is 29.7. The largest absolute Gasteiger partial charge is 0.444 e. The zero-order valence-electron chi connectivity index (χ0n) is 17.5. The van der Waals surface area contributed by atoms with Crippen LogP contribution in [-0.4, -0.2) is 50.4 Å². The van der Waals surface area contributed by atoms with E-state index in [0.717, 1.165) is 55.4 Å². The van der Waals surface area contributed by atoms with Crippen molar-refractivity contribution in [1.29, 1.82) is 0 Å². The van der Waals surface area contributed by atoms with Crippen LogP contribution in [0.25, 0.3) is 10.6 Å². The lowest BCUT2D eigenvalue weighted by Crippen LogP contribution is -2.41. The van der Waals surface area contributed by atoms with Crippen molar-refractivity contribution < 1.29 is 9.53 Å². The second kappa shape index (κ2) is 8.22. The molecule has 2 aliphatic rings. The number of nitrogens with zero attached hydrogens (tertiary/aromatic N) is 4. The van der Waals surface area contributed by atoms with Gasteiger partial charge in [0.05, 0.1) is 21.3 Å². The van der Waals surface area contributed by atoms with Gasteiger partial charge in [-0.05, 0) is 57.8 Å². The van der Waals surface area contributed by atoms with Crippen molar-refractivity contribution in [3.63, 3.8) is 0 Å². The van der Waals surface area contributed by atoms with Crippen LogP contribution in [0.5, 0.6) is 0 Å². The third kappa shape index (κ3) is 4.58. The van der Waals surface area contributed by atoms with Crippen molar-refractivity contribution in [2.24, 2.45) is 0 Å². The molecular weight excluding hydrogens is 404 g/mol. The van der Waals surface area contributed by atoms with Crippen LogP contribution in [0, 0.1) is 0 Å². The van der Waals surface area contributed by atoms with E-state index < -0.39 is 5.60 Å². The Hall–Kier alpha value is -1.67. The van der Waals surface area contributed by atoms with Gasteiger partial charge in [0.25, 0.3) is 0 Å². The van der Waals surface area contributed by atoms with Crippen LogP contribution in [0.2, 0.25) is 0 Å². The standard InChI is InChI=1S/C21H28N4O2S2/c1-5-28-19-22-12-14-6-7-15-17(16(14)24-19)29-18(23-15)13-8-10-25(11-9-13)20(26)27-21(2,3)4/h12-13H,5-11H2,1-4H3. The SMILES string of the molecule is CCSc1ncc2c(n1)-c1sc(C3CCN(C(=O)OC(C)(C)C)CC3)nc1CC2. The first-order chi connectivity index (χ1) is 13.8. The minimum absolute atomic E-state index is 0.207. The van der Waals surface area contributed by atoms with E-state index in [2.05, 4.69) is 11.9 Å². The first-order valence-corrected chi connectivity index (χ1v) is 12.1. The molecule has 0 N–H and O–H groups in total. The molecule has 4 rings (SSSR count). The molecule has 1 aliphatic carbocycles. The second-order valence-electron chi connectivity index (χ2n) is 8.53. The number of carbonyl (C=O) groups is 1. The average molecular weight is 433 g/mol. The number of piperidine rings is 1. The number of aromatic nitrogens is 3. The molecule has 0 spiro atoms. The zero-order chi connectivity index (χ0) is 20.6. The lowest BCUT2D eigenvalue weighted by atomic mass is 9.97. The lowest BCUT2D eigenvalue weighted by Gasteiger charge is -2.32. The molecule has 1 fully saturated rings. The molecule has 2 aromatic heterocycles. The number of carbonyl (C=O) groups excluding carboxylic acids is 1. The maximum absolute atomic E-state index is 12.3. The molecule has 1 saturated heterocycles. The van der Waals surface area contributed by atoms with Gasteiger partial charge < -0.3 is 9.64 Å². The summed E-state index contributed by atoms with van der Waals surface area (Å²) in [6.45, 7) is 9.28. The highest BCUT2D eigenvalue weighted by Crippen LogP contribution is 2.41. The Balaban J connectivity index is 1.47. The summed E-state index contributed by atoms with van der Waals surface area (Å²) >= 11 is 3.46. The van der Waals surface area contributed by atoms with Crippen LogP contribution >= 0.6 is 23.1 Å². The molecule has 0 atom stereocenters. The fraction of sp³-hybridized carbons (Fsp3) is 0.619. The predicted molar refractivity (Wildman–Crippen MR) is 117 cm³/mol. The third-order valence-electron chi connectivity index (χ3n) is 5.17. The molecule has 156 valence electrons. The highest BCUT2D eigenvalue weighted by Gasteiger charge is 2.31. The van der Waals surface area contributed by atoms with Crippen LogP contribution in [0.15, 0.2) is 11.4 Å². The van der Waals surface area contributed by atoms with E-state index in [1.807, 2.05) is 31.9 Å². The van der Waals surface area contributed by atoms with Crippen molar-refractivity contribution in [3.8, 4) is 10.6 Å². The van der Waals surface area contributed by atoms with E-state index in [1.165, 1.54) is 21.1 Å². The van der Waals surface area contributed by atoms with Crippen molar-refractivity contribution in [2.75, 3.05) is 18.8 Å². The molecule has 0 radical (unpaired) electrons. The van der Waals surface area contributed by atoms with Gasteiger partial charge in [0, 0.05) is 25.2 Å². The van der Waals surface area contributed by atoms with Crippen LogP contribution < -0.4 is 0 Å². The van der Waals surface area contributed by atoms with Gasteiger partial charge in [-0.3, -0.25) is 0 Å². The summed E-state index contributed by atoms with van der Waals surface area (Å²) in [5, 5.41) is 2.04. The van der Waals surface area contributed by atoms with Crippen LogP contribution in [0.1, 0.15) is 62.7 Å². The van der Waals surface area contributed by atoms with E-state index in [9.17, 15) is 4.79 Å². The van der Waals surface area contributed by atoms with Gasteiger partial charge in [-0.15, -0.1) is 11.3 Å². The number of likely N-dealkylation sites (tertiary alicyclic amines) is 1. The maximum Gasteiger partial charge on any atom is 0.410 e. The predicted octanol–water partition coefficient (Wildman–Crippen LogP) is 4.93. The molecule has 8 heteroatoms. The number of rotatable bonds is 3. The third-order valence-corrected chi connectivity index (χ3v) is 7.18. The van der Waals surface area contributed by atoms with E-state index in [4.69, 9.17) is 14.7 Å². The summed E-state index contributed by atoms with van der Waals surface area (Å²) in [6.07, 6.45) is 5.56. The molecule has 0 bridgehead atoms. The van der Waals surface area contributed by atoms with Crippen molar-refractivity contribution in [1.82, 2.24) is 19.9 Å². The Morgan fingerprint density at radius 2 is 2.03 bits per heavy atom. The van der Waals surface area contributed by atoms with Crippen LogP contribution in [-0.2, 0) is 17.6 Å². The Morgan fingerprint density at radius 3 is 2.72 bits per heavy atom. The summed E-state index contributed by atoms with van der Waals surface area (Å²) < 4.78 is 5.51. The zero-order valence-corrected chi connectivity index (χ0v) is 19.2. The smallest absolute Gasteiger partial charge is 0.410 e. The van der Waals surface area contributed by atoms with Gasteiger partial charge in [0.2, 0.25) is 0 Å². The number of thiazole rings is 1. The highest BCUT2D eigenvalue weighted by atomic mass is 32.2. The lowest BCUT2D eigenvalue weighted by molar-refractivity contribution is 0.0205. The molecule has 29 heavy (non-hydrogen) atoms. The number of thioether (sulfide) groups is 1. The Kier molecular flexibility index (Phi) is 5.84. The highest BCUT2D eigenvalue weighted by molar-refractivity contribution is 7.99. The van der Waals surface area contributed by atoms with Gasteiger partial charge in [-0.1, -0.05) is 18.7 Å². The molecule has 1 amide bonds. The topological polar surface area (TPSA) is 68.2 Å². The molecule has 0 aromatic carbocycles. The minimum Gasteiger partial charge on any atom is -0.444 e. The summed E-state index contributed by atoms with van der Waals surface area (Å²) in [6, 6.07) is 0. The van der Waals surface area contributed by atoms with Crippen LogP contribution in [0.3, 0.4) is 0 Å². The van der Waals surface area contributed by atoms with Crippen molar-refractivity contribution in [3.05, 3.63) is 22.5 Å². The van der Waals surface area contributed by atoms with Gasteiger partial charge in [0.15, 0.2) is 5.16 Å². The van der Waals surface area contributed by atoms with Gasteiger partial charge in [-0.2, -0.15) is 0 Å². The fourth-order valence-corrected chi connectivity index (χ4v) is 5.60. The number of fused-ring (bicyclic) bond motifs is 3. The molecule has 2 aromatic rings. The van der Waals surface area contributed by atoms with Gasteiger partial charge in [-0.25, -0.2) is 19.7 Å². The molecule has 6 nitrogen and oxygen atoms in total. The monoisotopic (exact) mass is 432 g/mol. The number of amides is 1. The van der Waals surface area contributed by atoms with Crippen molar-refractivity contribution >= 4 is 29.2 Å². The Bertz CT molecular complexity index is 899. The van der Waals surface area contributed by atoms with E-state index in [-0.39, 0.29) is 6.09 Å². The molecule has 0 saturated carbocycles. The second-order valence-corrected chi connectivity index (χ2v) is 10.8. The van der Waals surface area contributed by atoms with E-state index >= 15 is 0 Å². The number of aryl methyl sites for hydroxylation is 2. The quantitative estimate of drug-likeness (QED) is 0.506. The normalized spacial score (nSPS) is 17.0. The number of hydrogen-bond acceptors (Lipinski definition) is 7. The van der Waals surface area contributed by atoms with Gasteiger partial charge >= 0.3 is 6.09 Å². The molecular formula is C21H28N4O2S2. The van der Waals surface area contributed by atoms with E-state index in [0.29, 0.717) is 5.92 Å². The summed E-state index contributed by atoms with van der Waals surface area (Å²) in [5.41, 5.74) is 3.03. The molecule has 3 heterocycles. The fourth-order valence-electron chi connectivity index (χ4n) is 3.76. The average Bonchev–Trinajstić information content (AvgIpc) is 3.12. The molecule has 1 aliphatic heterocycles. The summed E-state index contributed by atoms with van der Waals surface area (Å²) in [7, 11) is 0.